The highest BCUT2D eigenvalue weighted by Gasteiger charge is 2.36. The maximum atomic E-state index is 12.4. The van der Waals surface area contributed by atoms with Crippen LogP contribution >= 0.6 is 0 Å². The Kier molecular flexibility index (Phi) is 7.07. The summed E-state index contributed by atoms with van der Waals surface area (Å²) in [6.45, 7) is 7.40. The summed E-state index contributed by atoms with van der Waals surface area (Å²) < 4.78 is 4.92. The number of carboxylic acids is 1. The topological polar surface area (TPSA) is 90.9 Å². The summed E-state index contributed by atoms with van der Waals surface area (Å²) in [4.78, 5) is 25.8. The molecule has 7 nitrogen and oxygen atoms in total. The van der Waals surface area contributed by atoms with Crippen LogP contribution in [0.4, 0.5) is 0 Å². The third-order valence-corrected chi connectivity index (χ3v) is 3.91. The lowest BCUT2D eigenvalue weighted by Crippen LogP contribution is -2.61. The molecule has 1 fully saturated rings. The predicted octanol–water partition coefficient (Wildman–Crippen LogP) is -0.334. The number of hydrogen-bond acceptors (Lipinski definition) is 5. The van der Waals surface area contributed by atoms with Crippen LogP contribution in [0.5, 0.6) is 0 Å². The minimum atomic E-state index is -1.00. The standard InChI is InChI=1S/C14H27N3O4/c1-14(2,17-8-6-15-7-9-17)13(20)16-11(12(18)19)5-4-10-21-3/h11,15H,4-10H2,1-3H3,(H,16,20)(H,18,19). The summed E-state index contributed by atoms with van der Waals surface area (Å²) in [5, 5.41) is 15.1. The molecular weight excluding hydrogens is 274 g/mol. The van der Waals surface area contributed by atoms with Crippen molar-refractivity contribution in [2.45, 2.75) is 38.3 Å². The van der Waals surface area contributed by atoms with Gasteiger partial charge in [-0.25, -0.2) is 4.79 Å². The first-order chi connectivity index (χ1) is 9.89. The highest BCUT2D eigenvalue weighted by molar-refractivity contribution is 5.89. The van der Waals surface area contributed by atoms with Gasteiger partial charge < -0.3 is 20.5 Å². The van der Waals surface area contributed by atoms with E-state index < -0.39 is 17.6 Å². The van der Waals surface area contributed by atoms with Crippen LogP contribution in [-0.2, 0) is 14.3 Å². The number of ether oxygens (including phenoxy) is 1. The van der Waals surface area contributed by atoms with Crippen molar-refractivity contribution in [2.24, 2.45) is 0 Å². The largest absolute Gasteiger partial charge is 0.480 e. The first kappa shape index (κ1) is 17.9. The SMILES string of the molecule is COCCCC(NC(=O)C(C)(C)N1CCNCC1)C(=O)O. The van der Waals surface area contributed by atoms with Crippen molar-refractivity contribution in [3.8, 4) is 0 Å². The van der Waals surface area contributed by atoms with Gasteiger partial charge in [-0.3, -0.25) is 9.69 Å². The van der Waals surface area contributed by atoms with E-state index in [0.717, 1.165) is 26.2 Å². The third kappa shape index (κ3) is 5.26. The summed E-state index contributed by atoms with van der Waals surface area (Å²) in [6.07, 6.45) is 0.967. The van der Waals surface area contributed by atoms with E-state index in [1.54, 1.807) is 7.11 Å². The lowest BCUT2D eigenvalue weighted by Gasteiger charge is -2.40. The molecule has 21 heavy (non-hydrogen) atoms. The van der Waals surface area contributed by atoms with E-state index in [1.165, 1.54) is 0 Å². The zero-order chi connectivity index (χ0) is 15.9. The molecule has 1 atom stereocenters. The Morgan fingerprint density at radius 1 is 1.38 bits per heavy atom. The maximum Gasteiger partial charge on any atom is 0.326 e. The van der Waals surface area contributed by atoms with Gasteiger partial charge in [-0.2, -0.15) is 0 Å². The van der Waals surface area contributed by atoms with Crippen LogP contribution in [0.25, 0.3) is 0 Å². The Hall–Kier alpha value is -1.18. The number of amides is 1. The van der Waals surface area contributed by atoms with E-state index in [4.69, 9.17) is 4.74 Å². The van der Waals surface area contributed by atoms with Crippen LogP contribution in [0, 0.1) is 0 Å². The minimum Gasteiger partial charge on any atom is -0.480 e. The van der Waals surface area contributed by atoms with Crippen LogP contribution in [0.2, 0.25) is 0 Å². The molecule has 1 aliphatic heterocycles. The fourth-order valence-electron chi connectivity index (χ4n) is 2.39. The number of carboxylic acid groups (broad SMARTS) is 1. The van der Waals surface area contributed by atoms with E-state index in [2.05, 4.69) is 15.5 Å². The second-order valence-corrected chi connectivity index (χ2v) is 5.80. The van der Waals surface area contributed by atoms with Gasteiger partial charge >= 0.3 is 5.97 Å². The van der Waals surface area contributed by atoms with Crippen LogP contribution < -0.4 is 10.6 Å². The predicted molar refractivity (Wildman–Crippen MR) is 79.2 cm³/mol. The second-order valence-electron chi connectivity index (χ2n) is 5.80. The van der Waals surface area contributed by atoms with Gasteiger partial charge in [0.1, 0.15) is 6.04 Å². The molecule has 1 unspecified atom stereocenters. The number of piperazine rings is 1. The third-order valence-electron chi connectivity index (χ3n) is 3.91. The van der Waals surface area contributed by atoms with E-state index in [-0.39, 0.29) is 5.91 Å². The first-order valence-corrected chi connectivity index (χ1v) is 7.38. The molecule has 1 rings (SSSR count). The monoisotopic (exact) mass is 301 g/mol. The van der Waals surface area contributed by atoms with Gasteiger partial charge in [-0.05, 0) is 26.7 Å². The Bertz CT molecular complexity index is 354. The number of nitrogens with one attached hydrogen (secondary N) is 2. The molecule has 7 heteroatoms. The van der Waals surface area contributed by atoms with Crippen molar-refractivity contribution in [1.82, 2.24) is 15.5 Å². The highest BCUT2D eigenvalue weighted by Crippen LogP contribution is 2.16. The molecule has 1 heterocycles. The molecule has 0 aliphatic carbocycles. The van der Waals surface area contributed by atoms with E-state index in [0.29, 0.717) is 19.4 Å². The molecule has 0 aromatic heterocycles. The molecule has 0 spiro atoms. The first-order valence-electron chi connectivity index (χ1n) is 7.38. The number of aliphatic carboxylic acids is 1. The molecule has 0 bridgehead atoms. The summed E-state index contributed by atoms with van der Waals surface area (Å²) in [5.74, 6) is -1.25. The van der Waals surface area contributed by atoms with Crippen molar-refractivity contribution in [2.75, 3.05) is 39.9 Å². The zero-order valence-electron chi connectivity index (χ0n) is 13.1. The molecule has 0 saturated carbocycles. The van der Waals surface area contributed by atoms with Crippen molar-refractivity contribution < 1.29 is 19.4 Å². The van der Waals surface area contributed by atoms with E-state index >= 15 is 0 Å². The average Bonchev–Trinajstić information content (AvgIpc) is 2.46. The quantitative estimate of drug-likeness (QED) is 0.532. The molecule has 1 amide bonds. The number of carbonyl (C=O) groups is 2. The summed E-state index contributed by atoms with van der Waals surface area (Å²) in [6, 6.07) is -0.866. The molecule has 1 aliphatic rings. The molecule has 0 aromatic rings. The van der Waals surface area contributed by atoms with Gasteiger partial charge in [-0.1, -0.05) is 0 Å². The number of carbonyl (C=O) groups excluding carboxylic acids is 1. The Morgan fingerprint density at radius 2 is 2.00 bits per heavy atom. The smallest absolute Gasteiger partial charge is 0.326 e. The lowest BCUT2D eigenvalue weighted by atomic mass is 9.99. The molecule has 122 valence electrons. The van der Waals surface area contributed by atoms with Gasteiger partial charge in [-0.15, -0.1) is 0 Å². The van der Waals surface area contributed by atoms with Crippen LogP contribution in [0.3, 0.4) is 0 Å². The number of rotatable bonds is 8. The van der Waals surface area contributed by atoms with Crippen molar-refractivity contribution in [1.29, 1.82) is 0 Å². The summed E-state index contributed by atoms with van der Waals surface area (Å²) in [7, 11) is 1.57. The fraction of sp³-hybridized carbons (Fsp3) is 0.857. The van der Waals surface area contributed by atoms with E-state index in [9.17, 15) is 14.7 Å². The molecule has 0 aromatic carbocycles. The average molecular weight is 301 g/mol. The van der Waals surface area contributed by atoms with E-state index in [1.807, 2.05) is 13.8 Å². The van der Waals surface area contributed by atoms with Crippen LogP contribution in [-0.4, -0.2) is 73.4 Å². The molecule has 3 N–H and O–H groups in total. The second kappa shape index (κ2) is 8.31. The minimum absolute atomic E-state index is 0.241. The normalized spacial score (nSPS) is 18.2. The lowest BCUT2D eigenvalue weighted by molar-refractivity contribution is -0.144. The fourth-order valence-corrected chi connectivity index (χ4v) is 2.39. The summed E-state index contributed by atoms with van der Waals surface area (Å²) in [5.41, 5.74) is -0.711. The Morgan fingerprint density at radius 3 is 2.52 bits per heavy atom. The molecule has 0 radical (unpaired) electrons. The molecule has 1 saturated heterocycles. The maximum absolute atomic E-state index is 12.4. The number of hydrogen-bond donors (Lipinski definition) is 3. The van der Waals surface area contributed by atoms with Crippen molar-refractivity contribution in [3.63, 3.8) is 0 Å². The van der Waals surface area contributed by atoms with Gasteiger partial charge in [0, 0.05) is 39.9 Å². The molecular formula is C14H27N3O4. The van der Waals surface area contributed by atoms with Crippen molar-refractivity contribution in [3.05, 3.63) is 0 Å². The van der Waals surface area contributed by atoms with Gasteiger partial charge in [0.15, 0.2) is 0 Å². The van der Waals surface area contributed by atoms with Gasteiger partial charge in [0.2, 0.25) is 5.91 Å². The Balaban J connectivity index is 2.59. The number of nitrogens with zero attached hydrogens (tertiary/aromatic N) is 1. The van der Waals surface area contributed by atoms with Gasteiger partial charge in [0.05, 0.1) is 5.54 Å². The van der Waals surface area contributed by atoms with Crippen LogP contribution in [0.15, 0.2) is 0 Å². The highest BCUT2D eigenvalue weighted by atomic mass is 16.5. The van der Waals surface area contributed by atoms with Gasteiger partial charge in [0.25, 0.3) is 0 Å². The van der Waals surface area contributed by atoms with Crippen molar-refractivity contribution >= 4 is 11.9 Å². The Labute approximate surface area is 126 Å². The van der Waals surface area contributed by atoms with Crippen LogP contribution in [0.1, 0.15) is 26.7 Å². The zero-order valence-corrected chi connectivity index (χ0v) is 13.1. The number of methoxy groups -OCH3 is 1. The summed E-state index contributed by atoms with van der Waals surface area (Å²) >= 11 is 0.